The van der Waals surface area contributed by atoms with Gasteiger partial charge in [0.1, 0.15) is 11.3 Å². The molecule has 9 nitrogen and oxygen atoms in total. The molecule has 0 spiro atoms. The van der Waals surface area contributed by atoms with Crippen LogP contribution in [-0.2, 0) is 4.74 Å². The van der Waals surface area contributed by atoms with Crippen LogP contribution in [0.15, 0.2) is 23.1 Å². The van der Waals surface area contributed by atoms with E-state index in [1.54, 1.807) is 22.3 Å². The van der Waals surface area contributed by atoms with Gasteiger partial charge in [-0.3, -0.25) is 13.9 Å². The highest BCUT2D eigenvalue weighted by atomic mass is 19.1. The molecule has 3 aromatic rings. The summed E-state index contributed by atoms with van der Waals surface area (Å²) >= 11 is 0. The number of halogens is 1. The number of primary amides is 1. The van der Waals surface area contributed by atoms with Crippen LogP contribution in [0, 0.1) is 12.7 Å². The molecule has 1 aliphatic heterocycles. The van der Waals surface area contributed by atoms with E-state index in [2.05, 4.69) is 15.3 Å². The lowest BCUT2D eigenvalue weighted by atomic mass is 10.1. The Morgan fingerprint density at radius 1 is 1.32 bits per heavy atom. The number of ether oxygens (including phenoxy) is 1. The van der Waals surface area contributed by atoms with Crippen molar-refractivity contribution in [2.24, 2.45) is 5.73 Å². The minimum atomic E-state index is -0.833. The number of anilines is 2. The van der Waals surface area contributed by atoms with Gasteiger partial charge in [-0.25, -0.2) is 14.2 Å². The first-order valence-electron chi connectivity index (χ1n) is 10.2. The molecule has 2 aromatic heterocycles. The van der Waals surface area contributed by atoms with Crippen LogP contribution in [0.5, 0.6) is 0 Å². The van der Waals surface area contributed by atoms with Gasteiger partial charge in [0, 0.05) is 31.0 Å². The van der Waals surface area contributed by atoms with Crippen molar-refractivity contribution in [2.75, 3.05) is 18.5 Å². The van der Waals surface area contributed by atoms with E-state index in [4.69, 9.17) is 10.5 Å². The number of benzene rings is 1. The zero-order valence-electron chi connectivity index (χ0n) is 17.7. The monoisotopic (exact) mass is 428 g/mol. The normalized spacial score (nSPS) is 15.0. The second kappa shape index (κ2) is 8.10. The number of carbonyl (C=O) groups excluding carboxylic acids is 1. The molecular weight excluding hydrogens is 403 g/mol. The number of nitrogens with one attached hydrogen (secondary N) is 1. The van der Waals surface area contributed by atoms with E-state index < -0.39 is 11.7 Å². The van der Waals surface area contributed by atoms with E-state index in [0.29, 0.717) is 35.6 Å². The molecule has 0 saturated carbocycles. The summed E-state index contributed by atoms with van der Waals surface area (Å²) in [7, 11) is 0. The molecule has 1 amide bonds. The molecule has 4 rings (SSSR count). The molecule has 1 fully saturated rings. The fraction of sp³-hybridized carbons (Fsp3) is 0.429. The molecule has 0 radical (unpaired) electrons. The lowest BCUT2D eigenvalue weighted by Gasteiger charge is -2.23. The number of hydrogen-bond acceptors (Lipinski definition) is 6. The molecule has 3 heterocycles. The third-order valence-corrected chi connectivity index (χ3v) is 5.55. The topological polar surface area (TPSA) is 117 Å². The molecule has 1 aromatic carbocycles. The van der Waals surface area contributed by atoms with E-state index in [0.717, 1.165) is 12.8 Å². The van der Waals surface area contributed by atoms with Crippen molar-refractivity contribution in [1.29, 1.82) is 0 Å². The van der Waals surface area contributed by atoms with Crippen molar-refractivity contribution in [1.82, 2.24) is 19.1 Å². The number of fused-ring (bicyclic) bond motifs is 1. The summed E-state index contributed by atoms with van der Waals surface area (Å²) in [5.74, 6) is -1.34. The van der Waals surface area contributed by atoms with Crippen LogP contribution < -0.4 is 16.7 Å². The molecule has 0 bridgehead atoms. The Morgan fingerprint density at radius 3 is 2.68 bits per heavy atom. The molecule has 3 N–H and O–H groups in total. The Morgan fingerprint density at radius 2 is 2.03 bits per heavy atom. The van der Waals surface area contributed by atoms with Gasteiger partial charge in [-0.1, -0.05) is 0 Å². The van der Waals surface area contributed by atoms with E-state index >= 15 is 0 Å². The van der Waals surface area contributed by atoms with Gasteiger partial charge in [0.2, 0.25) is 5.95 Å². The van der Waals surface area contributed by atoms with Crippen LogP contribution in [0.3, 0.4) is 0 Å². The molecule has 0 unspecified atom stereocenters. The Hall–Kier alpha value is -3.27. The summed E-state index contributed by atoms with van der Waals surface area (Å²) in [6.07, 6.45) is 3.05. The van der Waals surface area contributed by atoms with Crippen molar-refractivity contribution in [3.05, 3.63) is 45.8 Å². The van der Waals surface area contributed by atoms with Crippen LogP contribution in [0.1, 0.15) is 54.7 Å². The van der Waals surface area contributed by atoms with Gasteiger partial charge < -0.3 is 15.8 Å². The zero-order valence-corrected chi connectivity index (χ0v) is 17.7. The summed E-state index contributed by atoms with van der Waals surface area (Å²) in [5, 5.41) is 3.00. The predicted octanol–water partition coefficient (Wildman–Crippen LogP) is 2.82. The molecule has 0 atom stereocenters. The predicted molar refractivity (Wildman–Crippen MR) is 114 cm³/mol. The van der Waals surface area contributed by atoms with Gasteiger partial charge in [0.15, 0.2) is 5.65 Å². The van der Waals surface area contributed by atoms with Crippen LogP contribution in [-0.4, -0.2) is 38.2 Å². The van der Waals surface area contributed by atoms with Crippen molar-refractivity contribution in [3.63, 3.8) is 0 Å². The molecule has 1 aliphatic rings. The van der Waals surface area contributed by atoms with Gasteiger partial charge >= 0.3 is 5.69 Å². The molecule has 1 saturated heterocycles. The van der Waals surface area contributed by atoms with Gasteiger partial charge in [0.05, 0.1) is 11.8 Å². The number of nitrogens with two attached hydrogens (primary N) is 1. The van der Waals surface area contributed by atoms with E-state index in [-0.39, 0.29) is 29.3 Å². The molecule has 164 valence electrons. The fourth-order valence-corrected chi connectivity index (χ4v) is 3.98. The zero-order chi connectivity index (χ0) is 22.3. The second-order valence-electron chi connectivity index (χ2n) is 8.00. The first kappa shape index (κ1) is 21.0. The lowest BCUT2D eigenvalue weighted by molar-refractivity contribution is 0.0694. The lowest BCUT2D eigenvalue weighted by Crippen LogP contribution is -2.31. The summed E-state index contributed by atoms with van der Waals surface area (Å²) in [6, 6.07) is 2.50. The summed E-state index contributed by atoms with van der Waals surface area (Å²) in [5.41, 5.74) is 7.09. The van der Waals surface area contributed by atoms with Gasteiger partial charge in [-0.15, -0.1) is 0 Å². The Kier molecular flexibility index (Phi) is 5.48. The highest BCUT2D eigenvalue weighted by molar-refractivity contribution is 5.94. The number of aromatic nitrogens is 4. The van der Waals surface area contributed by atoms with Crippen LogP contribution in [0.4, 0.5) is 16.0 Å². The second-order valence-corrected chi connectivity index (χ2v) is 8.00. The first-order chi connectivity index (χ1) is 14.8. The maximum Gasteiger partial charge on any atom is 0.330 e. The maximum absolute atomic E-state index is 14.2. The largest absolute Gasteiger partial charge is 0.381 e. The number of aryl methyl sites for hydroxylation is 1. The number of carbonyl (C=O) groups is 1. The van der Waals surface area contributed by atoms with Crippen LogP contribution in [0.2, 0.25) is 0 Å². The number of amides is 1. The van der Waals surface area contributed by atoms with Gasteiger partial charge in [0.25, 0.3) is 5.91 Å². The maximum atomic E-state index is 14.2. The van der Waals surface area contributed by atoms with E-state index in [9.17, 15) is 14.0 Å². The average Bonchev–Trinajstić information content (AvgIpc) is 3.02. The first-order valence-corrected chi connectivity index (χ1v) is 10.2. The third-order valence-electron chi connectivity index (χ3n) is 5.55. The highest BCUT2D eigenvalue weighted by Crippen LogP contribution is 2.27. The summed E-state index contributed by atoms with van der Waals surface area (Å²) in [6.45, 7) is 6.78. The van der Waals surface area contributed by atoms with Crippen LogP contribution in [0.25, 0.3) is 11.2 Å². The number of imidazole rings is 1. The van der Waals surface area contributed by atoms with E-state index in [1.165, 1.54) is 12.1 Å². The van der Waals surface area contributed by atoms with E-state index in [1.807, 2.05) is 13.8 Å². The van der Waals surface area contributed by atoms with Gasteiger partial charge in [-0.2, -0.15) is 4.98 Å². The third kappa shape index (κ3) is 3.78. The number of rotatable bonds is 5. The quantitative estimate of drug-likeness (QED) is 0.645. The van der Waals surface area contributed by atoms with Crippen molar-refractivity contribution >= 4 is 28.7 Å². The number of nitrogens with zero attached hydrogens (tertiary/aromatic N) is 4. The summed E-state index contributed by atoms with van der Waals surface area (Å²) < 4.78 is 23.1. The standard InChI is InChI=1S/C21H25FN6O3/c1-11(2)27-17-10-24-20(25-16-9-15(22)14(18(23)29)8-12(16)3)26-19(17)28(21(27)30)13-4-6-31-7-5-13/h8-11,13H,4-7H2,1-3H3,(H2,23,29)(H,24,25,26). The molecule has 0 aliphatic carbocycles. The van der Waals surface area contributed by atoms with Crippen LogP contribution >= 0.6 is 0 Å². The molecular formula is C21H25FN6O3. The molecule has 10 heteroatoms. The summed E-state index contributed by atoms with van der Waals surface area (Å²) in [4.78, 5) is 33.5. The minimum Gasteiger partial charge on any atom is -0.381 e. The van der Waals surface area contributed by atoms with Crippen molar-refractivity contribution in [3.8, 4) is 0 Å². The minimum absolute atomic E-state index is 0.0134. The average molecular weight is 428 g/mol. The Labute approximate surface area is 178 Å². The highest BCUT2D eigenvalue weighted by Gasteiger charge is 2.25. The Bertz CT molecular complexity index is 1210. The SMILES string of the molecule is Cc1cc(C(N)=O)c(F)cc1Nc1ncc2c(n1)n(C1CCOCC1)c(=O)n2C(C)C. The number of hydrogen-bond donors (Lipinski definition) is 2. The fourth-order valence-electron chi connectivity index (χ4n) is 3.98. The van der Waals surface area contributed by atoms with Crippen molar-refractivity contribution < 1.29 is 13.9 Å². The smallest absolute Gasteiger partial charge is 0.330 e. The van der Waals surface area contributed by atoms with Crippen molar-refractivity contribution in [2.45, 2.75) is 45.7 Å². The molecule has 31 heavy (non-hydrogen) atoms. The van der Waals surface area contributed by atoms with Gasteiger partial charge in [-0.05, 0) is 51.3 Å². The Balaban J connectivity index is 1.80.